The number of aryl methyl sites for hydroxylation is 2. The molecule has 3 aromatic carbocycles. The van der Waals surface area contributed by atoms with Crippen molar-refractivity contribution < 1.29 is 9.53 Å². The van der Waals surface area contributed by atoms with Crippen LogP contribution in [0.1, 0.15) is 22.3 Å². The van der Waals surface area contributed by atoms with Gasteiger partial charge in [-0.1, -0.05) is 53.6 Å². The number of carbonyl (C=O) groups excluding carboxylic acids is 1. The van der Waals surface area contributed by atoms with Gasteiger partial charge < -0.3 is 10.1 Å². The number of halogens is 1. The van der Waals surface area contributed by atoms with E-state index < -0.39 is 0 Å². The molecule has 6 heteroatoms. The van der Waals surface area contributed by atoms with Crippen LogP contribution in [-0.2, 0) is 11.4 Å². The summed E-state index contributed by atoms with van der Waals surface area (Å²) < 4.78 is 6.77. The Morgan fingerprint density at radius 3 is 2.35 bits per heavy atom. The average molecular weight is 493 g/mol. The zero-order valence-electron chi connectivity index (χ0n) is 17.2. The Kier molecular flexibility index (Phi) is 6.59. The molecule has 1 amide bonds. The predicted octanol–water partition coefficient (Wildman–Crippen LogP) is 6.54. The molecule has 0 spiro atoms. The Morgan fingerprint density at radius 1 is 1.00 bits per heavy atom. The largest absolute Gasteiger partial charge is 0.488 e. The van der Waals surface area contributed by atoms with Crippen LogP contribution in [-0.4, -0.2) is 11.1 Å². The van der Waals surface area contributed by atoms with Crippen molar-refractivity contribution in [3.8, 4) is 5.75 Å². The van der Waals surface area contributed by atoms with E-state index in [-0.39, 0.29) is 5.91 Å². The van der Waals surface area contributed by atoms with Gasteiger partial charge in [-0.2, -0.15) is 0 Å². The van der Waals surface area contributed by atoms with Crippen LogP contribution in [0.15, 0.2) is 81.1 Å². The number of rotatable bonds is 5. The Labute approximate surface area is 194 Å². The zero-order valence-corrected chi connectivity index (χ0v) is 19.6. The number of hydrogen-bond donors (Lipinski definition) is 1. The van der Waals surface area contributed by atoms with Gasteiger partial charge in [-0.3, -0.25) is 4.79 Å². The smallest absolute Gasteiger partial charge is 0.264 e. The summed E-state index contributed by atoms with van der Waals surface area (Å²) >= 11 is 4.91. The SMILES string of the molecule is Cc1ccc(COc2ccc(/C=C3\SC(=Nc4ccc(C)cc4)NC3=O)cc2Br)cc1. The summed E-state index contributed by atoms with van der Waals surface area (Å²) in [6, 6.07) is 21.9. The summed E-state index contributed by atoms with van der Waals surface area (Å²) in [5.74, 6) is 0.611. The van der Waals surface area contributed by atoms with E-state index in [1.807, 2.05) is 55.5 Å². The fourth-order valence-electron chi connectivity index (χ4n) is 2.94. The maximum Gasteiger partial charge on any atom is 0.264 e. The van der Waals surface area contributed by atoms with Crippen molar-refractivity contribution in [3.63, 3.8) is 0 Å². The number of benzene rings is 3. The van der Waals surface area contributed by atoms with E-state index in [0.29, 0.717) is 16.7 Å². The highest BCUT2D eigenvalue weighted by atomic mass is 79.9. The fraction of sp³-hybridized carbons (Fsp3) is 0.120. The highest BCUT2D eigenvalue weighted by molar-refractivity contribution is 9.10. The number of ether oxygens (including phenoxy) is 1. The third kappa shape index (κ3) is 5.66. The molecule has 0 atom stereocenters. The lowest BCUT2D eigenvalue weighted by molar-refractivity contribution is -0.115. The topological polar surface area (TPSA) is 50.7 Å². The van der Waals surface area contributed by atoms with Crippen LogP contribution in [0.25, 0.3) is 6.08 Å². The van der Waals surface area contributed by atoms with Gasteiger partial charge in [-0.25, -0.2) is 4.99 Å². The van der Waals surface area contributed by atoms with Crippen LogP contribution in [0.4, 0.5) is 5.69 Å². The minimum Gasteiger partial charge on any atom is -0.488 e. The van der Waals surface area contributed by atoms with Gasteiger partial charge in [0, 0.05) is 0 Å². The number of aliphatic imine (C=N–C) groups is 1. The molecule has 1 aliphatic rings. The van der Waals surface area contributed by atoms with Crippen LogP contribution in [0.3, 0.4) is 0 Å². The Hall–Kier alpha value is -2.83. The zero-order chi connectivity index (χ0) is 21.8. The number of nitrogens with one attached hydrogen (secondary N) is 1. The summed E-state index contributed by atoms with van der Waals surface area (Å²) in [6.07, 6.45) is 1.85. The molecule has 1 heterocycles. The highest BCUT2D eigenvalue weighted by Gasteiger charge is 2.23. The summed E-state index contributed by atoms with van der Waals surface area (Å²) in [5.41, 5.74) is 5.23. The van der Waals surface area contributed by atoms with Crippen molar-refractivity contribution in [2.24, 2.45) is 4.99 Å². The molecular weight excluding hydrogens is 472 g/mol. The molecule has 31 heavy (non-hydrogen) atoms. The first-order valence-electron chi connectivity index (χ1n) is 9.80. The van der Waals surface area contributed by atoms with E-state index in [4.69, 9.17) is 4.74 Å². The van der Waals surface area contributed by atoms with E-state index in [1.54, 1.807) is 0 Å². The number of amidine groups is 1. The monoisotopic (exact) mass is 492 g/mol. The van der Waals surface area contributed by atoms with E-state index in [9.17, 15) is 4.79 Å². The maximum atomic E-state index is 12.4. The molecule has 1 fully saturated rings. The van der Waals surface area contributed by atoms with Crippen molar-refractivity contribution in [2.75, 3.05) is 0 Å². The van der Waals surface area contributed by atoms with Crippen LogP contribution in [0, 0.1) is 13.8 Å². The Balaban J connectivity index is 1.44. The third-order valence-corrected chi connectivity index (χ3v) is 6.21. The van der Waals surface area contributed by atoms with Crippen LogP contribution < -0.4 is 10.1 Å². The normalized spacial score (nSPS) is 16.0. The summed E-state index contributed by atoms with van der Waals surface area (Å²) in [7, 11) is 0. The molecule has 4 nitrogen and oxygen atoms in total. The summed E-state index contributed by atoms with van der Waals surface area (Å²) in [5, 5.41) is 3.41. The Bertz CT molecular complexity index is 1170. The Morgan fingerprint density at radius 2 is 1.68 bits per heavy atom. The summed E-state index contributed by atoms with van der Waals surface area (Å²) in [6.45, 7) is 4.59. The summed E-state index contributed by atoms with van der Waals surface area (Å²) in [4.78, 5) is 17.5. The minimum atomic E-state index is -0.147. The molecule has 0 unspecified atom stereocenters. The lowest BCUT2D eigenvalue weighted by atomic mass is 10.1. The van der Waals surface area contributed by atoms with Crippen LogP contribution in [0.2, 0.25) is 0 Å². The molecule has 1 saturated heterocycles. The maximum absolute atomic E-state index is 12.4. The quantitative estimate of drug-likeness (QED) is 0.411. The van der Waals surface area contributed by atoms with Gasteiger partial charge >= 0.3 is 0 Å². The predicted molar refractivity (Wildman–Crippen MR) is 132 cm³/mol. The van der Waals surface area contributed by atoms with Gasteiger partial charge in [0.2, 0.25) is 0 Å². The molecule has 0 radical (unpaired) electrons. The molecule has 0 aliphatic carbocycles. The number of amides is 1. The molecule has 0 bridgehead atoms. The van der Waals surface area contributed by atoms with Crippen molar-refractivity contribution in [1.29, 1.82) is 0 Å². The van der Waals surface area contributed by atoms with Gasteiger partial charge in [0.1, 0.15) is 12.4 Å². The van der Waals surface area contributed by atoms with E-state index in [1.165, 1.54) is 22.9 Å². The van der Waals surface area contributed by atoms with Crippen molar-refractivity contribution in [3.05, 3.63) is 98.4 Å². The molecule has 156 valence electrons. The lowest BCUT2D eigenvalue weighted by Crippen LogP contribution is -2.19. The first-order chi connectivity index (χ1) is 15.0. The van der Waals surface area contributed by atoms with Crippen molar-refractivity contribution in [1.82, 2.24) is 5.32 Å². The van der Waals surface area contributed by atoms with Crippen molar-refractivity contribution >= 4 is 50.5 Å². The van der Waals surface area contributed by atoms with Crippen molar-refractivity contribution in [2.45, 2.75) is 20.5 Å². The van der Waals surface area contributed by atoms with E-state index in [2.05, 4.69) is 57.4 Å². The standard InChI is InChI=1S/C25H21BrN2O2S/c1-16-3-7-18(8-4-16)15-30-22-12-9-19(13-21(22)26)14-23-24(29)28-25(31-23)27-20-10-5-17(2)6-11-20/h3-14H,15H2,1-2H3,(H,27,28,29)/b23-14-. The minimum absolute atomic E-state index is 0.147. The van der Waals surface area contributed by atoms with Gasteiger partial charge in [-0.05, 0) is 83.0 Å². The number of nitrogens with zero attached hydrogens (tertiary/aromatic N) is 1. The second-order valence-corrected chi connectivity index (χ2v) is 9.17. The first kappa shape index (κ1) is 21.4. The van der Waals surface area contributed by atoms with Gasteiger partial charge in [0.15, 0.2) is 5.17 Å². The van der Waals surface area contributed by atoms with Gasteiger partial charge in [0.05, 0.1) is 15.1 Å². The average Bonchev–Trinajstić information content (AvgIpc) is 3.09. The van der Waals surface area contributed by atoms with E-state index in [0.717, 1.165) is 27.0 Å². The highest BCUT2D eigenvalue weighted by Crippen LogP contribution is 2.31. The van der Waals surface area contributed by atoms with Crippen LogP contribution in [0.5, 0.6) is 5.75 Å². The molecule has 0 aromatic heterocycles. The second-order valence-electron chi connectivity index (χ2n) is 7.28. The number of carbonyl (C=O) groups is 1. The third-order valence-electron chi connectivity index (χ3n) is 4.68. The van der Waals surface area contributed by atoms with Gasteiger partial charge in [0.25, 0.3) is 5.91 Å². The van der Waals surface area contributed by atoms with E-state index >= 15 is 0 Å². The lowest BCUT2D eigenvalue weighted by Gasteiger charge is -2.09. The molecule has 1 aliphatic heterocycles. The number of thioether (sulfide) groups is 1. The first-order valence-corrected chi connectivity index (χ1v) is 11.4. The van der Waals surface area contributed by atoms with Gasteiger partial charge in [-0.15, -0.1) is 0 Å². The molecule has 4 rings (SSSR count). The molecule has 1 N–H and O–H groups in total. The molecule has 3 aromatic rings. The second kappa shape index (κ2) is 9.54. The number of hydrogen-bond acceptors (Lipinski definition) is 4. The molecule has 0 saturated carbocycles. The molecular formula is C25H21BrN2O2S. The fourth-order valence-corrected chi connectivity index (χ4v) is 4.29. The van der Waals surface area contributed by atoms with Crippen LogP contribution >= 0.6 is 27.7 Å².